The molecule has 4 heteroatoms. The molecule has 0 bridgehead atoms. The van der Waals surface area contributed by atoms with Crippen molar-refractivity contribution in [3.8, 4) is 5.75 Å². The molecule has 3 nitrogen and oxygen atoms in total. The molecule has 2 N–H and O–H groups in total. The number of ether oxygens (including phenoxy) is 1. The van der Waals surface area contributed by atoms with Crippen LogP contribution in [0.5, 0.6) is 5.75 Å². The molecule has 0 aromatic heterocycles. The van der Waals surface area contributed by atoms with Crippen LogP contribution in [0, 0.1) is 11.7 Å². The lowest BCUT2D eigenvalue weighted by Crippen LogP contribution is -2.23. The first-order valence-corrected chi connectivity index (χ1v) is 6.24. The van der Waals surface area contributed by atoms with E-state index >= 15 is 0 Å². The van der Waals surface area contributed by atoms with Crippen molar-refractivity contribution in [3.05, 3.63) is 29.6 Å². The summed E-state index contributed by atoms with van der Waals surface area (Å²) in [7, 11) is 1.45. The van der Waals surface area contributed by atoms with Crippen LogP contribution in [0.3, 0.4) is 0 Å². The summed E-state index contributed by atoms with van der Waals surface area (Å²) in [6.45, 7) is 5.29. The predicted molar refractivity (Wildman–Crippen MR) is 70.1 cm³/mol. The highest BCUT2D eigenvalue weighted by Gasteiger charge is 2.06. The molecule has 1 aromatic rings. The predicted octanol–water partition coefficient (Wildman–Crippen LogP) is 2.33. The highest BCUT2D eigenvalue weighted by molar-refractivity contribution is 5.29. The van der Waals surface area contributed by atoms with E-state index in [2.05, 4.69) is 12.2 Å². The number of aliphatic hydroxyl groups is 1. The van der Waals surface area contributed by atoms with Gasteiger partial charge in [-0.1, -0.05) is 13.0 Å². The second-order valence-corrected chi connectivity index (χ2v) is 4.79. The first-order valence-electron chi connectivity index (χ1n) is 6.24. The lowest BCUT2D eigenvalue weighted by atomic mass is 10.0. The molecule has 18 heavy (non-hydrogen) atoms. The molecule has 0 spiro atoms. The largest absolute Gasteiger partial charge is 0.494 e. The second-order valence-electron chi connectivity index (χ2n) is 4.79. The van der Waals surface area contributed by atoms with E-state index in [1.54, 1.807) is 13.0 Å². The van der Waals surface area contributed by atoms with Crippen LogP contribution in [0.15, 0.2) is 18.2 Å². The van der Waals surface area contributed by atoms with Gasteiger partial charge in [0.1, 0.15) is 0 Å². The van der Waals surface area contributed by atoms with Gasteiger partial charge in [0.05, 0.1) is 13.2 Å². The molecule has 102 valence electrons. The van der Waals surface area contributed by atoms with Crippen LogP contribution in [-0.2, 0) is 6.54 Å². The molecule has 0 aliphatic rings. The first-order chi connectivity index (χ1) is 8.52. The third-order valence-corrected chi connectivity index (χ3v) is 2.78. The summed E-state index contributed by atoms with van der Waals surface area (Å²) in [5, 5.41) is 12.5. The van der Waals surface area contributed by atoms with Gasteiger partial charge in [-0.05, 0) is 43.5 Å². The van der Waals surface area contributed by atoms with Crippen LogP contribution in [0.4, 0.5) is 4.39 Å². The Labute approximate surface area is 108 Å². The van der Waals surface area contributed by atoms with Crippen molar-refractivity contribution in [1.82, 2.24) is 5.32 Å². The maximum atomic E-state index is 13.4. The number of rotatable bonds is 7. The lowest BCUT2D eigenvalue weighted by Gasteiger charge is -2.14. The van der Waals surface area contributed by atoms with Crippen molar-refractivity contribution in [2.45, 2.75) is 32.9 Å². The van der Waals surface area contributed by atoms with E-state index < -0.39 is 0 Å². The van der Waals surface area contributed by atoms with E-state index in [9.17, 15) is 9.50 Å². The average Bonchev–Trinajstić information content (AvgIpc) is 2.28. The van der Waals surface area contributed by atoms with Crippen LogP contribution in [-0.4, -0.2) is 24.9 Å². The molecule has 1 aromatic carbocycles. The highest BCUT2D eigenvalue weighted by atomic mass is 19.1. The van der Waals surface area contributed by atoms with Crippen molar-refractivity contribution >= 4 is 0 Å². The van der Waals surface area contributed by atoms with Gasteiger partial charge in [0.15, 0.2) is 11.6 Å². The minimum atomic E-state index is -0.339. The minimum Gasteiger partial charge on any atom is -0.494 e. The molecule has 0 saturated carbocycles. The van der Waals surface area contributed by atoms with Gasteiger partial charge < -0.3 is 15.2 Å². The van der Waals surface area contributed by atoms with E-state index in [-0.39, 0.29) is 17.7 Å². The highest BCUT2D eigenvalue weighted by Crippen LogP contribution is 2.17. The van der Waals surface area contributed by atoms with E-state index in [1.807, 2.05) is 6.07 Å². The molecule has 0 radical (unpaired) electrons. The van der Waals surface area contributed by atoms with Crippen LogP contribution in [0.1, 0.15) is 25.8 Å². The fourth-order valence-corrected chi connectivity index (χ4v) is 1.95. The maximum Gasteiger partial charge on any atom is 0.165 e. The average molecular weight is 255 g/mol. The zero-order valence-electron chi connectivity index (χ0n) is 11.2. The summed E-state index contributed by atoms with van der Waals surface area (Å²) in [4.78, 5) is 0. The topological polar surface area (TPSA) is 41.5 Å². The molecule has 2 atom stereocenters. The Hall–Kier alpha value is -1.13. The van der Waals surface area contributed by atoms with Crippen molar-refractivity contribution in [1.29, 1.82) is 0 Å². The number of hydrogen-bond acceptors (Lipinski definition) is 3. The standard InChI is InChI=1S/C14H22FNO2/c1-10(6-11(2)17)8-16-9-12-4-5-14(18-3)13(15)7-12/h4-5,7,10-11,16-17H,6,8-9H2,1-3H3. The number of aliphatic hydroxyl groups excluding tert-OH is 1. The van der Waals surface area contributed by atoms with E-state index in [0.29, 0.717) is 12.5 Å². The van der Waals surface area contributed by atoms with E-state index in [0.717, 1.165) is 18.5 Å². The minimum absolute atomic E-state index is 0.265. The zero-order chi connectivity index (χ0) is 13.5. The lowest BCUT2D eigenvalue weighted by molar-refractivity contribution is 0.163. The number of nitrogens with one attached hydrogen (secondary N) is 1. The van der Waals surface area contributed by atoms with Crippen molar-refractivity contribution in [3.63, 3.8) is 0 Å². The summed E-state index contributed by atoms with van der Waals surface area (Å²) in [5.74, 6) is 0.322. The molecule has 0 fully saturated rings. The smallest absolute Gasteiger partial charge is 0.165 e. The van der Waals surface area contributed by atoms with E-state index in [1.165, 1.54) is 13.2 Å². The molecule has 2 unspecified atom stereocenters. The van der Waals surface area contributed by atoms with Gasteiger partial charge in [-0.2, -0.15) is 0 Å². The Morgan fingerprint density at radius 3 is 2.67 bits per heavy atom. The Balaban J connectivity index is 2.37. The fraction of sp³-hybridized carbons (Fsp3) is 0.571. The summed E-state index contributed by atoms with van der Waals surface area (Å²) in [6, 6.07) is 4.95. The Bertz CT molecular complexity index is 369. The first kappa shape index (κ1) is 14.9. The van der Waals surface area contributed by atoms with E-state index in [4.69, 9.17) is 4.74 Å². The number of halogens is 1. The summed E-state index contributed by atoms with van der Waals surface area (Å²) in [6.07, 6.45) is 0.490. The Kier molecular flexibility index (Phi) is 6.09. The molecule has 0 saturated heterocycles. The third-order valence-electron chi connectivity index (χ3n) is 2.78. The third kappa shape index (κ3) is 5.02. The molecular formula is C14H22FNO2. The molecule has 1 rings (SSSR count). The van der Waals surface area contributed by atoms with Crippen molar-refractivity contribution in [2.75, 3.05) is 13.7 Å². The SMILES string of the molecule is COc1ccc(CNCC(C)CC(C)O)cc1F. The normalized spacial score (nSPS) is 14.3. The van der Waals surface area contributed by atoms with Crippen LogP contribution in [0.2, 0.25) is 0 Å². The van der Waals surface area contributed by atoms with Crippen LogP contribution >= 0.6 is 0 Å². The molecule has 0 aliphatic carbocycles. The Morgan fingerprint density at radius 2 is 2.11 bits per heavy atom. The van der Waals surface area contributed by atoms with Crippen LogP contribution in [0.25, 0.3) is 0 Å². The maximum absolute atomic E-state index is 13.4. The van der Waals surface area contributed by atoms with Gasteiger partial charge in [0.2, 0.25) is 0 Å². The molecule has 0 amide bonds. The molecule has 0 heterocycles. The van der Waals surface area contributed by atoms with Crippen molar-refractivity contribution < 1.29 is 14.2 Å². The van der Waals surface area contributed by atoms with Gasteiger partial charge in [0, 0.05) is 6.54 Å². The number of benzene rings is 1. The summed E-state index contributed by atoms with van der Waals surface area (Å²) >= 11 is 0. The zero-order valence-corrected chi connectivity index (χ0v) is 11.2. The van der Waals surface area contributed by atoms with Gasteiger partial charge in [0.25, 0.3) is 0 Å². The monoisotopic (exact) mass is 255 g/mol. The van der Waals surface area contributed by atoms with Crippen LogP contribution < -0.4 is 10.1 Å². The van der Waals surface area contributed by atoms with Gasteiger partial charge in [-0.15, -0.1) is 0 Å². The Morgan fingerprint density at radius 1 is 1.39 bits per heavy atom. The molecular weight excluding hydrogens is 233 g/mol. The number of methoxy groups -OCH3 is 1. The van der Waals surface area contributed by atoms with Gasteiger partial charge in [-0.25, -0.2) is 4.39 Å². The quantitative estimate of drug-likeness (QED) is 0.785. The van der Waals surface area contributed by atoms with Gasteiger partial charge >= 0.3 is 0 Å². The summed E-state index contributed by atoms with van der Waals surface area (Å²) in [5.41, 5.74) is 0.887. The second kappa shape index (κ2) is 7.34. The van der Waals surface area contributed by atoms with Gasteiger partial charge in [-0.3, -0.25) is 0 Å². The van der Waals surface area contributed by atoms with Crippen molar-refractivity contribution in [2.24, 2.45) is 5.92 Å². The number of hydrogen-bond donors (Lipinski definition) is 2. The fourth-order valence-electron chi connectivity index (χ4n) is 1.95. The summed E-state index contributed by atoms with van der Waals surface area (Å²) < 4.78 is 18.3. The molecule has 0 aliphatic heterocycles.